The molecular formula is C17H17Cl2NS. The molecule has 2 aromatic rings. The van der Waals surface area contributed by atoms with Gasteiger partial charge in [-0.3, -0.25) is 0 Å². The summed E-state index contributed by atoms with van der Waals surface area (Å²) in [5, 5.41) is 4.72. The molecule has 1 aliphatic heterocycles. The van der Waals surface area contributed by atoms with Crippen molar-refractivity contribution in [1.29, 1.82) is 0 Å². The third kappa shape index (κ3) is 3.24. The van der Waals surface area contributed by atoms with Gasteiger partial charge in [-0.1, -0.05) is 47.5 Å². The summed E-state index contributed by atoms with van der Waals surface area (Å²) >= 11 is 14.1. The normalized spacial score (nSPS) is 18.5. The van der Waals surface area contributed by atoms with E-state index in [4.69, 9.17) is 23.2 Å². The standard InChI is InChI=1S/C17H17Cl2NS/c1-20-16(9-11-6-7-14(18)15(19)8-11)13-10-21-17-5-3-2-4-12(13)17/h2-8,13,16,20H,9-10H2,1H3. The van der Waals surface area contributed by atoms with E-state index in [-0.39, 0.29) is 0 Å². The second kappa shape index (κ2) is 6.62. The third-order valence-corrected chi connectivity index (χ3v) is 5.98. The van der Waals surface area contributed by atoms with E-state index in [1.165, 1.54) is 16.0 Å². The first-order chi connectivity index (χ1) is 10.2. The molecule has 0 amide bonds. The van der Waals surface area contributed by atoms with Gasteiger partial charge in [0.2, 0.25) is 0 Å². The summed E-state index contributed by atoms with van der Waals surface area (Å²) < 4.78 is 0. The van der Waals surface area contributed by atoms with Crippen LogP contribution < -0.4 is 5.32 Å². The van der Waals surface area contributed by atoms with Crippen LogP contribution in [0, 0.1) is 0 Å². The zero-order chi connectivity index (χ0) is 14.8. The fraction of sp³-hybridized carbons (Fsp3) is 0.294. The van der Waals surface area contributed by atoms with Crippen molar-refractivity contribution in [3.8, 4) is 0 Å². The first kappa shape index (κ1) is 15.2. The average Bonchev–Trinajstić information content (AvgIpc) is 2.92. The predicted octanol–water partition coefficient (Wildman–Crippen LogP) is 5.01. The SMILES string of the molecule is CNC(Cc1ccc(Cl)c(Cl)c1)C1CSc2ccccc21. The van der Waals surface area contributed by atoms with Crippen LogP contribution in [0.2, 0.25) is 10.0 Å². The molecule has 21 heavy (non-hydrogen) atoms. The van der Waals surface area contributed by atoms with E-state index in [9.17, 15) is 0 Å². The molecule has 1 aliphatic rings. The topological polar surface area (TPSA) is 12.0 Å². The van der Waals surface area contributed by atoms with Gasteiger partial charge < -0.3 is 5.32 Å². The highest BCUT2D eigenvalue weighted by molar-refractivity contribution is 7.99. The average molecular weight is 338 g/mol. The van der Waals surface area contributed by atoms with Gasteiger partial charge >= 0.3 is 0 Å². The molecule has 0 spiro atoms. The highest BCUT2D eigenvalue weighted by Crippen LogP contribution is 2.41. The van der Waals surface area contributed by atoms with Gasteiger partial charge in [-0.15, -0.1) is 11.8 Å². The number of halogens is 2. The molecular weight excluding hydrogens is 321 g/mol. The highest BCUT2D eigenvalue weighted by Gasteiger charge is 2.29. The van der Waals surface area contributed by atoms with Crippen LogP contribution in [0.1, 0.15) is 17.0 Å². The molecule has 0 aromatic heterocycles. The number of likely N-dealkylation sites (N-methyl/N-ethyl adjacent to an activating group) is 1. The Bertz CT molecular complexity index is 644. The lowest BCUT2D eigenvalue weighted by molar-refractivity contribution is 0.489. The number of rotatable bonds is 4. The number of fused-ring (bicyclic) bond motifs is 1. The Morgan fingerprint density at radius 2 is 2.00 bits per heavy atom. The Morgan fingerprint density at radius 3 is 2.76 bits per heavy atom. The van der Waals surface area contributed by atoms with Crippen molar-refractivity contribution in [2.45, 2.75) is 23.3 Å². The van der Waals surface area contributed by atoms with E-state index in [2.05, 4.69) is 35.6 Å². The lowest BCUT2D eigenvalue weighted by Gasteiger charge is -2.24. The number of hydrogen-bond acceptors (Lipinski definition) is 2. The van der Waals surface area contributed by atoms with E-state index in [0.717, 1.165) is 12.2 Å². The summed E-state index contributed by atoms with van der Waals surface area (Å²) in [6.07, 6.45) is 0.951. The minimum absolute atomic E-state index is 0.401. The van der Waals surface area contributed by atoms with Crippen LogP contribution >= 0.6 is 35.0 Å². The monoisotopic (exact) mass is 337 g/mol. The van der Waals surface area contributed by atoms with Gasteiger partial charge in [-0.2, -0.15) is 0 Å². The van der Waals surface area contributed by atoms with Gasteiger partial charge in [0.1, 0.15) is 0 Å². The molecule has 3 rings (SSSR count). The van der Waals surface area contributed by atoms with Crippen LogP contribution in [0.3, 0.4) is 0 Å². The van der Waals surface area contributed by atoms with E-state index < -0.39 is 0 Å². The van der Waals surface area contributed by atoms with Gasteiger partial charge in [0, 0.05) is 22.6 Å². The number of thioether (sulfide) groups is 1. The summed E-state index contributed by atoms with van der Waals surface area (Å²) in [5.74, 6) is 1.66. The molecule has 2 aromatic carbocycles. The highest BCUT2D eigenvalue weighted by atomic mass is 35.5. The molecule has 1 N–H and O–H groups in total. The molecule has 0 bridgehead atoms. The maximum atomic E-state index is 6.12. The molecule has 0 radical (unpaired) electrons. The maximum absolute atomic E-state index is 6.12. The molecule has 4 heteroatoms. The van der Waals surface area contributed by atoms with Gasteiger partial charge in [0.25, 0.3) is 0 Å². The van der Waals surface area contributed by atoms with Gasteiger partial charge in [-0.05, 0) is 42.8 Å². The largest absolute Gasteiger partial charge is 0.316 e. The van der Waals surface area contributed by atoms with Crippen molar-refractivity contribution in [3.63, 3.8) is 0 Å². The van der Waals surface area contributed by atoms with E-state index >= 15 is 0 Å². The maximum Gasteiger partial charge on any atom is 0.0595 e. The molecule has 0 saturated carbocycles. The van der Waals surface area contributed by atoms with E-state index in [0.29, 0.717) is 22.0 Å². The number of benzene rings is 2. The fourth-order valence-electron chi connectivity index (χ4n) is 2.89. The minimum atomic E-state index is 0.401. The Kier molecular flexibility index (Phi) is 4.80. The molecule has 2 unspecified atom stereocenters. The minimum Gasteiger partial charge on any atom is -0.316 e. The smallest absolute Gasteiger partial charge is 0.0595 e. The Hall–Kier alpha value is -0.670. The summed E-state index contributed by atoms with van der Waals surface area (Å²) in [6.45, 7) is 0. The third-order valence-electron chi connectivity index (χ3n) is 4.03. The van der Waals surface area contributed by atoms with Crippen molar-refractivity contribution >= 4 is 35.0 Å². The number of hydrogen-bond donors (Lipinski definition) is 1. The van der Waals surface area contributed by atoms with Crippen LogP contribution in [-0.4, -0.2) is 18.8 Å². The van der Waals surface area contributed by atoms with Crippen molar-refractivity contribution in [3.05, 3.63) is 63.6 Å². The molecule has 110 valence electrons. The lowest BCUT2D eigenvalue weighted by atomic mass is 9.89. The van der Waals surface area contributed by atoms with Crippen LogP contribution in [0.15, 0.2) is 47.4 Å². The van der Waals surface area contributed by atoms with Gasteiger partial charge in [-0.25, -0.2) is 0 Å². The Morgan fingerprint density at radius 1 is 1.19 bits per heavy atom. The van der Waals surface area contributed by atoms with Crippen LogP contribution in [0.5, 0.6) is 0 Å². The second-order valence-corrected chi connectivity index (χ2v) is 7.18. The van der Waals surface area contributed by atoms with Crippen LogP contribution in [-0.2, 0) is 6.42 Å². The Labute approximate surface area is 140 Å². The van der Waals surface area contributed by atoms with Crippen molar-refractivity contribution in [2.75, 3.05) is 12.8 Å². The molecule has 1 nitrogen and oxygen atoms in total. The first-order valence-corrected chi connectivity index (χ1v) is 8.76. The van der Waals surface area contributed by atoms with Gasteiger partial charge in [0.15, 0.2) is 0 Å². The Balaban J connectivity index is 1.81. The molecule has 0 aliphatic carbocycles. The lowest BCUT2D eigenvalue weighted by Crippen LogP contribution is -2.34. The molecule has 2 atom stereocenters. The predicted molar refractivity (Wildman–Crippen MR) is 92.9 cm³/mol. The summed E-state index contributed by atoms with van der Waals surface area (Å²) in [5.41, 5.74) is 2.68. The first-order valence-electron chi connectivity index (χ1n) is 7.02. The van der Waals surface area contributed by atoms with E-state index in [1.54, 1.807) is 0 Å². The van der Waals surface area contributed by atoms with Crippen molar-refractivity contribution < 1.29 is 0 Å². The van der Waals surface area contributed by atoms with Crippen molar-refractivity contribution in [1.82, 2.24) is 5.32 Å². The quantitative estimate of drug-likeness (QED) is 0.841. The van der Waals surface area contributed by atoms with E-state index in [1.807, 2.05) is 30.9 Å². The van der Waals surface area contributed by atoms with Crippen LogP contribution in [0.25, 0.3) is 0 Å². The van der Waals surface area contributed by atoms with Crippen molar-refractivity contribution in [2.24, 2.45) is 0 Å². The summed E-state index contributed by atoms with van der Waals surface area (Å²) in [7, 11) is 2.04. The zero-order valence-electron chi connectivity index (χ0n) is 11.8. The molecule has 0 saturated heterocycles. The van der Waals surface area contributed by atoms with Crippen LogP contribution in [0.4, 0.5) is 0 Å². The molecule has 0 fully saturated rings. The summed E-state index contributed by atoms with van der Waals surface area (Å²) in [4.78, 5) is 1.41. The molecule has 1 heterocycles. The van der Waals surface area contributed by atoms with Gasteiger partial charge in [0.05, 0.1) is 10.0 Å². The number of nitrogens with one attached hydrogen (secondary N) is 1. The fourth-order valence-corrected chi connectivity index (χ4v) is 4.54. The summed E-state index contributed by atoms with van der Waals surface area (Å²) in [6, 6.07) is 15.0. The zero-order valence-corrected chi connectivity index (χ0v) is 14.1. The second-order valence-electron chi connectivity index (χ2n) is 5.30.